The van der Waals surface area contributed by atoms with E-state index in [-0.39, 0.29) is 11.7 Å². The predicted molar refractivity (Wildman–Crippen MR) is 119 cm³/mol. The third-order valence-electron chi connectivity index (χ3n) is 5.75. The molecule has 6 nitrogen and oxygen atoms in total. The van der Waals surface area contributed by atoms with Gasteiger partial charge >= 0.3 is 0 Å². The Morgan fingerprint density at radius 1 is 1.19 bits per heavy atom. The molecule has 1 amide bonds. The van der Waals surface area contributed by atoms with Gasteiger partial charge in [-0.1, -0.05) is 23.4 Å². The van der Waals surface area contributed by atoms with Gasteiger partial charge in [-0.3, -0.25) is 4.79 Å². The Kier molecular flexibility index (Phi) is 5.03. The van der Waals surface area contributed by atoms with E-state index in [0.29, 0.717) is 27.2 Å². The molecule has 3 heterocycles. The van der Waals surface area contributed by atoms with E-state index in [4.69, 9.17) is 4.52 Å². The fourth-order valence-corrected chi connectivity index (χ4v) is 4.78. The molecule has 0 saturated carbocycles. The van der Waals surface area contributed by atoms with Crippen LogP contribution in [0.2, 0.25) is 0 Å². The molecule has 0 spiro atoms. The van der Waals surface area contributed by atoms with E-state index >= 15 is 0 Å². The summed E-state index contributed by atoms with van der Waals surface area (Å²) in [4.78, 5) is 22.0. The SMILES string of the molecule is CN(C)[C@H]1CCN(C(=O)c2cnc(-c3noc4cc(-c5ccc(F)cc5)ccc34)s2)C1. The number of hydrogen-bond acceptors (Lipinski definition) is 6. The van der Waals surface area contributed by atoms with Gasteiger partial charge in [-0.2, -0.15) is 0 Å². The molecule has 1 atom stereocenters. The summed E-state index contributed by atoms with van der Waals surface area (Å²) in [6, 6.07) is 12.5. The molecule has 0 bridgehead atoms. The average Bonchev–Trinajstić information content (AvgIpc) is 3.52. The zero-order chi connectivity index (χ0) is 21.5. The highest BCUT2D eigenvalue weighted by atomic mass is 32.1. The van der Waals surface area contributed by atoms with Crippen LogP contribution in [-0.2, 0) is 0 Å². The number of thiazole rings is 1. The number of likely N-dealkylation sites (tertiary alicyclic amines) is 1. The van der Waals surface area contributed by atoms with Crippen molar-refractivity contribution < 1.29 is 13.7 Å². The first-order valence-corrected chi connectivity index (χ1v) is 10.9. The monoisotopic (exact) mass is 436 g/mol. The number of amides is 1. The van der Waals surface area contributed by atoms with Crippen LogP contribution in [0.4, 0.5) is 4.39 Å². The number of rotatable bonds is 4. The standard InChI is InChI=1S/C23H21FN4O2S/c1-27(2)17-9-10-28(13-17)23(29)20-12-25-22(31-20)21-18-8-5-15(11-19(18)30-26-21)14-3-6-16(24)7-4-14/h3-8,11-12,17H,9-10,13H2,1-2H3/t17-/m0/s1. The van der Waals surface area contributed by atoms with Gasteiger partial charge in [0.2, 0.25) is 0 Å². The normalized spacial score (nSPS) is 16.5. The lowest BCUT2D eigenvalue weighted by Gasteiger charge is -2.19. The van der Waals surface area contributed by atoms with E-state index in [1.54, 1.807) is 18.3 Å². The maximum absolute atomic E-state index is 13.2. The second-order valence-corrected chi connectivity index (χ2v) is 8.97. The number of carbonyl (C=O) groups excluding carboxylic acids is 1. The van der Waals surface area contributed by atoms with Crippen molar-refractivity contribution in [3.8, 4) is 21.8 Å². The van der Waals surface area contributed by atoms with Crippen molar-refractivity contribution >= 4 is 28.2 Å². The molecule has 2 aromatic heterocycles. The van der Waals surface area contributed by atoms with Gasteiger partial charge in [0.1, 0.15) is 21.4 Å². The molecule has 31 heavy (non-hydrogen) atoms. The minimum absolute atomic E-state index is 0.0134. The maximum atomic E-state index is 13.2. The summed E-state index contributed by atoms with van der Waals surface area (Å²) in [7, 11) is 4.08. The molecule has 1 fully saturated rings. The van der Waals surface area contributed by atoms with Crippen LogP contribution in [0.25, 0.3) is 32.8 Å². The van der Waals surface area contributed by atoms with E-state index < -0.39 is 0 Å². The first-order chi connectivity index (χ1) is 15.0. The van der Waals surface area contributed by atoms with Gasteiger partial charge in [0, 0.05) is 19.1 Å². The van der Waals surface area contributed by atoms with Gasteiger partial charge in [-0.25, -0.2) is 9.37 Å². The van der Waals surface area contributed by atoms with Crippen LogP contribution in [0, 0.1) is 5.82 Å². The van der Waals surface area contributed by atoms with Gasteiger partial charge in [-0.15, -0.1) is 11.3 Å². The minimum atomic E-state index is -0.271. The summed E-state index contributed by atoms with van der Waals surface area (Å²) in [5.74, 6) is -0.258. The highest BCUT2D eigenvalue weighted by molar-refractivity contribution is 7.17. The molecule has 0 N–H and O–H groups in total. The molecule has 1 saturated heterocycles. The second kappa shape index (κ2) is 7.86. The average molecular weight is 437 g/mol. The van der Waals surface area contributed by atoms with Crippen molar-refractivity contribution in [2.75, 3.05) is 27.2 Å². The molecule has 0 radical (unpaired) electrons. The lowest BCUT2D eigenvalue weighted by atomic mass is 10.0. The minimum Gasteiger partial charge on any atom is -0.356 e. The Hall–Kier alpha value is -3.10. The highest BCUT2D eigenvalue weighted by Gasteiger charge is 2.29. The maximum Gasteiger partial charge on any atom is 0.265 e. The Morgan fingerprint density at radius 2 is 1.97 bits per heavy atom. The van der Waals surface area contributed by atoms with Gasteiger partial charge in [0.15, 0.2) is 5.58 Å². The molecular formula is C23H21FN4O2S. The number of benzene rings is 2. The van der Waals surface area contributed by atoms with Crippen LogP contribution in [0.3, 0.4) is 0 Å². The predicted octanol–water partition coefficient (Wildman–Crippen LogP) is 4.53. The summed E-state index contributed by atoms with van der Waals surface area (Å²) in [5, 5.41) is 5.68. The Bertz CT molecular complexity index is 1250. The first kappa shape index (κ1) is 19.8. The van der Waals surface area contributed by atoms with Crippen LogP contribution in [0.15, 0.2) is 53.2 Å². The van der Waals surface area contributed by atoms with E-state index in [0.717, 1.165) is 36.0 Å². The van der Waals surface area contributed by atoms with Crippen molar-refractivity contribution in [1.29, 1.82) is 0 Å². The lowest BCUT2D eigenvalue weighted by molar-refractivity contribution is 0.0787. The van der Waals surface area contributed by atoms with Crippen molar-refractivity contribution in [3.63, 3.8) is 0 Å². The molecule has 1 aliphatic heterocycles. The number of nitrogens with zero attached hydrogens (tertiary/aromatic N) is 4. The number of halogens is 1. The highest BCUT2D eigenvalue weighted by Crippen LogP contribution is 2.34. The number of likely N-dealkylation sites (N-methyl/N-ethyl adjacent to an activating group) is 1. The zero-order valence-electron chi connectivity index (χ0n) is 17.2. The third kappa shape index (κ3) is 3.73. The van der Waals surface area contributed by atoms with Crippen LogP contribution in [0.5, 0.6) is 0 Å². The lowest BCUT2D eigenvalue weighted by Crippen LogP contribution is -2.34. The van der Waals surface area contributed by atoms with Gasteiger partial charge < -0.3 is 14.3 Å². The topological polar surface area (TPSA) is 62.5 Å². The van der Waals surface area contributed by atoms with Crippen LogP contribution < -0.4 is 0 Å². The number of aromatic nitrogens is 2. The van der Waals surface area contributed by atoms with Gasteiger partial charge in [0.05, 0.1) is 11.6 Å². The summed E-state index contributed by atoms with van der Waals surface area (Å²) < 4.78 is 18.7. The Morgan fingerprint density at radius 3 is 2.71 bits per heavy atom. The van der Waals surface area contributed by atoms with Gasteiger partial charge in [0.25, 0.3) is 5.91 Å². The molecule has 2 aromatic carbocycles. The zero-order valence-corrected chi connectivity index (χ0v) is 18.0. The van der Waals surface area contributed by atoms with E-state index in [9.17, 15) is 9.18 Å². The van der Waals surface area contributed by atoms with Crippen molar-refractivity contribution in [2.24, 2.45) is 0 Å². The van der Waals surface area contributed by atoms with Crippen molar-refractivity contribution in [1.82, 2.24) is 19.9 Å². The quantitative estimate of drug-likeness (QED) is 0.470. The molecule has 1 aliphatic rings. The number of carbonyl (C=O) groups is 1. The summed E-state index contributed by atoms with van der Waals surface area (Å²) in [5.41, 5.74) is 3.05. The van der Waals surface area contributed by atoms with E-state index in [2.05, 4.69) is 15.0 Å². The molecule has 158 valence electrons. The van der Waals surface area contributed by atoms with Crippen LogP contribution >= 0.6 is 11.3 Å². The molecule has 0 aliphatic carbocycles. The van der Waals surface area contributed by atoms with Gasteiger partial charge in [-0.05, 0) is 55.9 Å². The largest absolute Gasteiger partial charge is 0.356 e. The van der Waals surface area contributed by atoms with E-state index in [1.807, 2.05) is 37.2 Å². The van der Waals surface area contributed by atoms with Crippen molar-refractivity contribution in [2.45, 2.75) is 12.5 Å². The van der Waals surface area contributed by atoms with E-state index in [1.165, 1.54) is 23.5 Å². The molecule has 8 heteroatoms. The fraction of sp³-hybridized carbons (Fsp3) is 0.261. The third-order valence-corrected chi connectivity index (χ3v) is 6.74. The van der Waals surface area contributed by atoms with Crippen LogP contribution in [-0.4, -0.2) is 59.1 Å². The van der Waals surface area contributed by atoms with Crippen molar-refractivity contribution in [3.05, 3.63) is 59.4 Å². The van der Waals surface area contributed by atoms with Crippen LogP contribution in [0.1, 0.15) is 16.1 Å². The molecule has 0 unspecified atom stereocenters. The fourth-order valence-electron chi connectivity index (χ4n) is 3.90. The Balaban J connectivity index is 1.40. The number of hydrogen-bond donors (Lipinski definition) is 0. The number of fused-ring (bicyclic) bond motifs is 1. The smallest absolute Gasteiger partial charge is 0.265 e. The second-order valence-electron chi connectivity index (χ2n) is 7.94. The first-order valence-electron chi connectivity index (χ1n) is 10.1. The Labute approximate surface area is 182 Å². The summed E-state index contributed by atoms with van der Waals surface area (Å²) in [6.07, 6.45) is 2.60. The molecule has 5 rings (SSSR count). The molecular weight excluding hydrogens is 415 g/mol. The summed E-state index contributed by atoms with van der Waals surface area (Å²) in [6.45, 7) is 1.49. The molecule has 4 aromatic rings. The summed E-state index contributed by atoms with van der Waals surface area (Å²) >= 11 is 1.33.